The van der Waals surface area contributed by atoms with Gasteiger partial charge in [-0.15, -0.1) is 0 Å². The smallest absolute Gasteiger partial charge is 0.128 e. The molecular weight excluding hydrogens is 246 g/mol. The highest BCUT2D eigenvalue weighted by Crippen LogP contribution is 2.25. The van der Waals surface area contributed by atoms with Crippen LogP contribution in [-0.4, -0.2) is 24.6 Å². The molecule has 1 N–H and O–H groups in total. The fourth-order valence-electron chi connectivity index (χ4n) is 3.15. The zero-order valence-corrected chi connectivity index (χ0v) is 12.6. The molecule has 0 bridgehead atoms. The molecule has 0 spiro atoms. The van der Waals surface area contributed by atoms with Gasteiger partial charge in [-0.05, 0) is 43.2 Å². The number of anilines is 1. The van der Waals surface area contributed by atoms with E-state index in [4.69, 9.17) is 0 Å². The van der Waals surface area contributed by atoms with Gasteiger partial charge in [0.15, 0.2) is 0 Å². The van der Waals surface area contributed by atoms with Crippen LogP contribution < -0.4 is 10.2 Å². The van der Waals surface area contributed by atoms with E-state index in [9.17, 15) is 0 Å². The summed E-state index contributed by atoms with van der Waals surface area (Å²) in [6.45, 7) is 2.12. The molecule has 20 heavy (non-hydrogen) atoms. The van der Waals surface area contributed by atoms with E-state index >= 15 is 0 Å². The Morgan fingerprint density at radius 2 is 1.95 bits per heavy atom. The van der Waals surface area contributed by atoms with Crippen LogP contribution >= 0.6 is 0 Å². The minimum Gasteiger partial charge on any atom is -0.359 e. The standard InChI is InChI=1S/C17H27N3/c1-20(13-14-5-3-2-4-6-14)17-10-7-15(12-19-17)11-18-16-8-9-16/h7,10,12,14,16,18H,2-6,8-9,11,13H2,1H3. The van der Waals surface area contributed by atoms with Crippen LogP contribution in [0.25, 0.3) is 0 Å². The van der Waals surface area contributed by atoms with Gasteiger partial charge in [-0.3, -0.25) is 0 Å². The van der Waals surface area contributed by atoms with Gasteiger partial charge in [0.25, 0.3) is 0 Å². The van der Waals surface area contributed by atoms with Crippen molar-refractivity contribution in [2.24, 2.45) is 5.92 Å². The van der Waals surface area contributed by atoms with Crippen LogP contribution in [0.2, 0.25) is 0 Å². The second-order valence-electron chi connectivity index (χ2n) is 6.56. The van der Waals surface area contributed by atoms with Crippen LogP contribution in [0.5, 0.6) is 0 Å². The Morgan fingerprint density at radius 3 is 2.60 bits per heavy atom. The van der Waals surface area contributed by atoms with Gasteiger partial charge in [0.05, 0.1) is 0 Å². The summed E-state index contributed by atoms with van der Waals surface area (Å²) in [6.07, 6.45) is 11.8. The molecule has 0 amide bonds. The Bertz CT molecular complexity index is 405. The van der Waals surface area contributed by atoms with Crippen LogP contribution in [0.3, 0.4) is 0 Å². The van der Waals surface area contributed by atoms with Crippen molar-refractivity contribution in [2.75, 3.05) is 18.5 Å². The lowest BCUT2D eigenvalue weighted by molar-refractivity contribution is 0.361. The van der Waals surface area contributed by atoms with E-state index in [0.29, 0.717) is 0 Å². The first-order valence-corrected chi connectivity index (χ1v) is 8.21. The number of hydrogen-bond donors (Lipinski definition) is 1. The lowest BCUT2D eigenvalue weighted by Gasteiger charge is -2.27. The van der Waals surface area contributed by atoms with Crippen LogP contribution in [0, 0.1) is 5.92 Å². The molecule has 0 aromatic carbocycles. The van der Waals surface area contributed by atoms with E-state index in [1.807, 2.05) is 6.20 Å². The molecule has 110 valence electrons. The van der Waals surface area contributed by atoms with E-state index < -0.39 is 0 Å². The van der Waals surface area contributed by atoms with Crippen molar-refractivity contribution >= 4 is 5.82 Å². The van der Waals surface area contributed by atoms with Crippen molar-refractivity contribution in [3.8, 4) is 0 Å². The summed E-state index contributed by atoms with van der Waals surface area (Å²) in [5.41, 5.74) is 1.30. The number of aromatic nitrogens is 1. The molecule has 0 radical (unpaired) electrons. The Hall–Kier alpha value is -1.09. The average Bonchev–Trinajstić information content (AvgIpc) is 3.31. The predicted octanol–water partition coefficient (Wildman–Crippen LogP) is 3.35. The fourth-order valence-corrected chi connectivity index (χ4v) is 3.15. The van der Waals surface area contributed by atoms with Gasteiger partial charge in [0.2, 0.25) is 0 Å². The van der Waals surface area contributed by atoms with Gasteiger partial charge in [-0.1, -0.05) is 25.3 Å². The van der Waals surface area contributed by atoms with Crippen LogP contribution in [0.1, 0.15) is 50.5 Å². The maximum absolute atomic E-state index is 4.63. The lowest BCUT2D eigenvalue weighted by Crippen LogP contribution is -2.27. The first kappa shape index (κ1) is 13.9. The van der Waals surface area contributed by atoms with E-state index in [-0.39, 0.29) is 0 Å². The summed E-state index contributed by atoms with van der Waals surface area (Å²) in [5.74, 6) is 1.98. The molecule has 2 aliphatic rings. The minimum absolute atomic E-state index is 0.767. The topological polar surface area (TPSA) is 28.2 Å². The van der Waals surface area contributed by atoms with Crippen LogP contribution in [0.15, 0.2) is 18.3 Å². The largest absolute Gasteiger partial charge is 0.359 e. The van der Waals surface area contributed by atoms with E-state index in [1.165, 1.54) is 50.5 Å². The minimum atomic E-state index is 0.767. The van der Waals surface area contributed by atoms with E-state index in [0.717, 1.165) is 30.9 Å². The quantitative estimate of drug-likeness (QED) is 0.861. The summed E-state index contributed by atoms with van der Waals surface area (Å²) in [7, 11) is 2.18. The second-order valence-corrected chi connectivity index (χ2v) is 6.56. The van der Waals surface area contributed by atoms with Crippen LogP contribution in [-0.2, 0) is 6.54 Å². The van der Waals surface area contributed by atoms with Gasteiger partial charge in [-0.2, -0.15) is 0 Å². The van der Waals surface area contributed by atoms with Crippen molar-refractivity contribution in [3.63, 3.8) is 0 Å². The molecule has 0 atom stereocenters. The molecule has 0 aliphatic heterocycles. The molecular formula is C17H27N3. The highest BCUT2D eigenvalue weighted by atomic mass is 15.2. The van der Waals surface area contributed by atoms with Gasteiger partial charge in [-0.25, -0.2) is 4.98 Å². The maximum atomic E-state index is 4.63. The van der Waals surface area contributed by atoms with Gasteiger partial charge < -0.3 is 10.2 Å². The third-order valence-corrected chi connectivity index (χ3v) is 4.63. The van der Waals surface area contributed by atoms with Crippen molar-refractivity contribution < 1.29 is 0 Å². The Labute approximate surface area is 122 Å². The maximum Gasteiger partial charge on any atom is 0.128 e. The zero-order chi connectivity index (χ0) is 13.8. The van der Waals surface area contributed by atoms with Crippen LogP contribution in [0.4, 0.5) is 5.82 Å². The fraction of sp³-hybridized carbons (Fsp3) is 0.706. The summed E-state index contributed by atoms with van der Waals surface area (Å²) >= 11 is 0. The summed E-state index contributed by atoms with van der Waals surface area (Å²) < 4.78 is 0. The Morgan fingerprint density at radius 1 is 1.15 bits per heavy atom. The van der Waals surface area contributed by atoms with E-state index in [1.54, 1.807) is 0 Å². The molecule has 1 aromatic rings. The average molecular weight is 273 g/mol. The SMILES string of the molecule is CN(CC1CCCCC1)c1ccc(CNC2CC2)cn1. The number of nitrogens with one attached hydrogen (secondary N) is 1. The molecule has 3 heteroatoms. The first-order valence-electron chi connectivity index (χ1n) is 8.21. The molecule has 0 saturated heterocycles. The number of nitrogens with zero attached hydrogens (tertiary/aromatic N) is 2. The zero-order valence-electron chi connectivity index (χ0n) is 12.6. The normalized spacial score (nSPS) is 20.1. The Balaban J connectivity index is 1.49. The predicted molar refractivity (Wildman–Crippen MR) is 83.9 cm³/mol. The van der Waals surface area contributed by atoms with E-state index in [2.05, 4.69) is 34.4 Å². The number of pyridine rings is 1. The van der Waals surface area contributed by atoms with Gasteiger partial charge in [0.1, 0.15) is 5.82 Å². The monoisotopic (exact) mass is 273 g/mol. The molecule has 3 rings (SSSR count). The molecule has 1 heterocycles. The van der Waals surface area contributed by atoms with Gasteiger partial charge in [0, 0.05) is 32.4 Å². The highest BCUT2D eigenvalue weighted by Gasteiger charge is 2.20. The van der Waals surface area contributed by atoms with Crippen molar-refractivity contribution in [3.05, 3.63) is 23.9 Å². The summed E-state index contributed by atoms with van der Waals surface area (Å²) in [4.78, 5) is 6.96. The van der Waals surface area contributed by atoms with Crippen molar-refractivity contribution in [2.45, 2.75) is 57.5 Å². The first-order chi connectivity index (χ1) is 9.81. The molecule has 0 unspecified atom stereocenters. The molecule has 2 fully saturated rings. The second kappa shape index (κ2) is 6.57. The molecule has 2 aliphatic carbocycles. The molecule has 3 nitrogen and oxygen atoms in total. The molecule has 1 aromatic heterocycles. The lowest BCUT2D eigenvalue weighted by atomic mass is 9.89. The third kappa shape index (κ3) is 3.95. The summed E-state index contributed by atoms with van der Waals surface area (Å²) in [6, 6.07) is 5.16. The van der Waals surface area contributed by atoms with Crippen molar-refractivity contribution in [1.29, 1.82) is 0 Å². The highest BCUT2D eigenvalue weighted by molar-refractivity contribution is 5.38. The number of rotatable bonds is 6. The van der Waals surface area contributed by atoms with Crippen molar-refractivity contribution in [1.82, 2.24) is 10.3 Å². The molecule has 2 saturated carbocycles. The van der Waals surface area contributed by atoms with Gasteiger partial charge >= 0.3 is 0 Å². The number of hydrogen-bond acceptors (Lipinski definition) is 3. The summed E-state index contributed by atoms with van der Waals surface area (Å²) in [5, 5.41) is 3.53. The Kier molecular flexibility index (Phi) is 4.56. The third-order valence-electron chi connectivity index (χ3n) is 4.63.